The van der Waals surface area contributed by atoms with Gasteiger partial charge < -0.3 is 10.1 Å². The van der Waals surface area contributed by atoms with Crippen molar-refractivity contribution in [3.05, 3.63) is 29.6 Å². The van der Waals surface area contributed by atoms with E-state index < -0.39 is 23.3 Å². The van der Waals surface area contributed by atoms with Crippen molar-refractivity contribution in [2.24, 2.45) is 0 Å². The van der Waals surface area contributed by atoms with Gasteiger partial charge in [0.1, 0.15) is 17.7 Å². The first-order valence-electron chi connectivity index (χ1n) is 4.71. The van der Waals surface area contributed by atoms with Crippen LogP contribution in [0.1, 0.15) is 5.56 Å². The van der Waals surface area contributed by atoms with Crippen LogP contribution in [0.3, 0.4) is 0 Å². The summed E-state index contributed by atoms with van der Waals surface area (Å²) >= 11 is 0. The topological polar surface area (TPSA) is 21.3 Å². The average Bonchev–Trinajstić information content (AvgIpc) is 2.09. The number of alkyl halides is 3. The van der Waals surface area contributed by atoms with Gasteiger partial charge in [-0.2, -0.15) is 13.2 Å². The normalized spacial score (nSPS) is 17.0. The van der Waals surface area contributed by atoms with Crippen LogP contribution in [0.4, 0.5) is 17.6 Å². The summed E-state index contributed by atoms with van der Waals surface area (Å²) in [6, 6.07) is 2.23. The molecule has 0 radical (unpaired) electrons. The van der Waals surface area contributed by atoms with Crippen molar-refractivity contribution >= 4 is 0 Å². The molecule has 1 aliphatic heterocycles. The first-order valence-corrected chi connectivity index (χ1v) is 4.71. The van der Waals surface area contributed by atoms with Gasteiger partial charge in [0, 0.05) is 19.2 Å². The van der Waals surface area contributed by atoms with Gasteiger partial charge in [-0.15, -0.1) is 0 Å². The van der Waals surface area contributed by atoms with E-state index in [1.165, 1.54) is 0 Å². The lowest BCUT2D eigenvalue weighted by atomic mass is 10.1. The van der Waals surface area contributed by atoms with Gasteiger partial charge in [-0.1, -0.05) is 0 Å². The minimum Gasteiger partial charge on any atom is -0.487 e. The number of hydrogen-bond donors (Lipinski definition) is 1. The molecule has 88 valence electrons. The van der Waals surface area contributed by atoms with Crippen molar-refractivity contribution in [2.75, 3.05) is 13.1 Å². The van der Waals surface area contributed by atoms with Gasteiger partial charge >= 0.3 is 6.18 Å². The Hall–Kier alpha value is -1.30. The van der Waals surface area contributed by atoms with Gasteiger partial charge in [-0.3, -0.25) is 0 Å². The van der Waals surface area contributed by atoms with Crippen LogP contribution in [-0.4, -0.2) is 19.2 Å². The predicted molar refractivity (Wildman–Crippen MR) is 48.7 cm³/mol. The third-order valence-corrected chi connectivity index (χ3v) is 2.29. The Labute approximate surface area is 89.2 Å². The monoisotopic (exact) mass is 235 g/mol. The summed E-state index contributed by atoms with van der Waals surface area (Å²) in [5.41, 5.74) is -0.944. The van der Waals surface area contributed by atoms with Crippen LogP contribution >= 0.6 is 0 Å². The number of ether oxygens (including phenoxy) is 1. The number of nitrogens with one attached hydrogen (secondary N) is 1. The highest BCUT2D eigenvalue weighted by Crippen LogP contribution is 2.37. The Balaban J connectivity index is 2.28. The van der Waals surface area contributed by atoms with E-state index in [9.17, 15) is 17.6 Å². The Morgan fingerprint density at radius 3 is 2.44 bits per heavy atom. The molecular formula is C10H9F4NO. The second kappa shape index (κ2) is 3.93. The van der Waals surface area contributed by atoms with Crippen molar-refractivity contribution in [1.82, 2.24) is 5.32 Å². The molecule has 1 N–H and O–H groups in total. The molecule has 0 bridgehead atoms. The van der Waals surface area contributed by atoms with Crippen molar-refractivity contribution < 1.29 is 22.3 Å². The predicted octanol–water partition coefficient (Wildman–Crippen LogP) is 2.20. The molecule has 0 unspecified atom stereocenters. The molecule has 0 amide bonds. The molecule has 0 aromatic heterocycles. The van der Waals surface area contributed by atoms with Gasteiger partial charge in [0.05, 0.1) is 5.56 Å². The highest BCUT2D eigenvalue weighted by atomic mass is 19.4. The first-order chi connectivity index (χ1) is 7.47. The standard InChI is InChI=1S/C10H9F4NO/c11-6-1-2-8(10(12,13)14)9(3-6)16-7-4-15-5-7/h1-3,7,15H,4-5H2. The molecule has 1 heterocycles. The molecule has 2 nitrogen and oxygen atoms in total. The van der Waals surface area contributed by atoms with Gasteiger partial charge in [-0.25, -0.2) is 4.39 Å². The first kappa shape index (κ1) is 11.2. The Morgan fingerprint density at radius 1 is 1.25 bits per heavy atom. The van der Waals surface area contributed by atoms with Crippen LogP contribution in [0.25, 0.3) is 0 Å². The maximum absolute atomic E-state index is 12.8. The summed E-state index contributed by atoms with van der Waals surface area (Å²) in [7, 11) is 0. The van der Waals surface area contributed by atoms with E-state index >= 15 is 0 Å². The molecule has 1 fully saturated rings. The molecule has 6 heteroatoms. The molecule has 1 aromatic carbocycles. The summed E-state index contributed by atoms with van der Waals surface area (Å²) < 4.78 is 55.5. The van der Waals surface area contributed by atoms with E-state index in [1.54, 1.807) is 0 Å². The second-order valence-electron chi connectivity index (χ2n) is 3.54. The molecule has 0 aliphatic carbocycles. The molecule has 0 spiro atoms. The van der Waals surface area contributed by atoms with E-state index in [4.69, 9.17) is 4.74 Å². The Bertz CT molecular complexity index is 387. The zero-order chi connectivity index (χ0) is 11.8. The number of benzene rings is 1. The minimum atomic E-state index is -4.53. The molecule has 1 aromatic rings. The van der Waals surface area contributed by atoms with Crippen LogP contribution in [0, 0.1) is 5.82 Å². The number of halogens is 4. The third kappa shape index (κ3) is 2.27. The third-order valence-electron chi connectivity index (χ3n) is 2.29. The molecule has 1 aliphatic rings. The van der Waals surface area contributed by atoms with Gasteiger partial charge in [0.25, 0.3) is 0 Å². The fraction of sp³-hybridized carbons (Fsp3) is 0.400. The van der Waals surface area contributed by atoms with Crippen molar-refractivity contribution in [2.45, 2.75) is 12.3 Å². The largest absolute Gasteiger partial charge is 0.487 e. The lowest BCUT2D eigenvalue weighted by Gasteiger charge is -2.29. The van der Waals surface area contributed by atoms with Crippen LogP contribution in [0.2, 0.25) is 0 Å². The number of rotatable bonds is 2. The van der Waals surface area contributed by atoms with E-state index in [0.29, 0.717) is 19.2 Å². The molecule has 0 saturated carbocycles. The summed E-state index contributed by atoms with van der Waals surface area (Å²) in [4.78, 5) is 0. The smallest absolute Gasteiger partial charge is 0.419 e. The number of hydrogen-bond acceptors (Lipinski definition) is 2. The average molecular weight is 235 g/mol. The molecular weight excluding hydrogens is 226 g/mol. The minimum absolute atomic E-state index is 0.317. The van der Waals surface area contributed by atoms with E-state index in [1.807, 2.05) is 0 Å². The lowest BCUT2D eigenvalue weighted by Crippen LogP contribution is -2.50. The Kier molecular flexibility index (Phi) is 2.75. The second-order valence-corrected chi connectivity index (χ2v) is 3.54. The maximum atomic E-state index is 12.8. The summed E-state index contributed by atoms with van der Waals surface area (Å²) in [5, 5.41) is 2.85. The zero-order valence-electron chi connectivity index (χ0n) is 8.14. The van der Waals surface area contributed by atoms with Crippen LogP contribution in [0.15, 0.2) is 18.2 Å². The fourth-order valence-corrected chi connectivity index (χ4v) is 1.35. The fourth-order valence-electron chi connectivity index (χ4n) is 1.35. The molecule has 1 saturated heterocycles. The Morgan fingerprint density at radius 2 is 1.94 bits per heavy atom. The van der Waals surface area contributed by atoms with Gasteiger partial charge in [-0.05, 0) is 12.1 Å². The molecule has 16 heavy (non-hydrogen) atoms. The van der Waals surface area contributed by atoms with E-state index in [0.717, 1.165) is 12.1 Å². The molecule has 2 rings (SSSR count). The van der Waals surface area contributed by atoms with Crippen molar-refractivity contribution in [3.8, 4) is 5.75 Å². The summed E-state index contributed by atoms with van der Waals surface area (Å²) in [6.45, 7) is 0.960. The quantitative estimate of drug-likeness (QED) is 0.793. The zero-order valence-corrected chi connectivity index (χ0v) is 8.14. The highest BCUT2D eigenvalue weighted by Gasteiger charge is 2.35. The maximum Gasteiger partial charge on any atom is 0.419 e. The van der Waals surface area contributed by atoms with Crippen LogP contribution in [-0.2, 0) is 6.18 Å². The van der Waals surface area contributed by atoms with Crippen molar-refractivity contribution in [3.63, 3.8) is 0 Å². The summed E-state index contributed by atoms with van der Waals surface area (Å²) in [5.74, 6) is -1.19. The van der Waals surface area contributed by atoms with Crippen LogP contribution in [0.5, 0.6) is 5.75 Å². The molecule has 0 atom stereocenters. The van der Waals surface area contributed by atoms with E-state index in [2.05, 4.69) is 5.32 Å². The van der Waals surface area contributed by atoms with Crippen LogP contribution < -0.4 is 10.1 Å². The summed E-state index contributed by atoms with van der Waals surface area (Å²) in [6.07, 6.45) is -4.84. The lowest BCUT2D eigenvalue weighted by molar-refractivity contribution is -0.139. The van der Waals surface area contributed by atoms with Gasteiger partial charge in [0.15, 0.2) is 0 Å². The van der Waals surface area contributed by atoms with E-state index in [-0.39, 0.29) is 6.10 Å². The highest BCUT2D eigenvalue weighted by molar-refractivity contribution is 5.36. The van der Waals surface area contributed by atoms with Gasteiger partial charge in [0.2, 0.25) is 0 Å². The SMILES string of the molecule is Fc1ccc(C(F)(F)F)c(OC2CNC2)c1. The van der Waals surface area contributed by atoms with Crippen molar-refractivity contribution in [1.29, 1.82) is 0 Å².